The zero-order valence-corrected chi connectivity index (χ0v) is 14.3. The predicted octanol–water partition coefficient (Wildman–Crippen LogP) is 3.06. The van der Waals surface area contributed by atoms with Gasteiger partial charge in [-0.3, -0.25) is 4.79 Å². The number of benzene rings is 1. The number of carbonyl (C=O) groups is 1. The molecule has 2 rings (SSSR count). The zero-order valence-electron chi connectivity index (χ0n) is 12.7. The Kier molecular flexibility index (Phi) is 7.44. The van der Waals surface area contributed by atoms with Crippen LogP contribution < -0.4 is 11.1 Å². The molecule has 3 N–H and O–H groups in total. The molecule has 2 aromatic rings. The van der Waals surface area contributed by atoms with Gasteiger partial charge in [0, 0.05) is 24.3 Å². The molecule has 0 saturated heterocycles. The molecule has 0 aliphatic rings. The lowest BCUT2D eigenvalue weighted by Gasteiger charge is -2.14. The molecule has 0 bridgehead atoms. The number of aryl methyl sites for hydroxylation is 1. The number of nitrogens with zero attached hydrogens (tertiary/aromatic N) is 2. The van der Waals surface area contributed by atoms with Gasteiger partial charge in [-0.25, -0.2) is 4.98 Å². The lowest BCUT2D eigenvalue weighted by atomic mass is 10.1. The number of nitrogens with two attached hydrogens (primary N) is 1. The number of carbonyl (C=O) groups excluding carboxylic acids is 1. The normalized spacial score (nSPS) is 11.6. The van der Waals surface area contributed by atoms with Gasteiger partial charge in [0.05, 0.1) is 11.7 Å². The largest absolute Gasteiger partial charge is 0.329 e. The number of amides is 1. The average molecular weight is 341 g/mol. The number of aromatic nitrogens is 2. The Labute approximate surface area is 141 Å². The van der Waals surface area contributed by atoms with E-state index in [0.29, 0.717) is 6.42 Å². The maximum atomic E-state index is 12.1. The topological polar surface area (TPSA) is 72.9 Å². The fourth-order valence-corrected chi connectivity index (χ4v) is 2.77. The molecular weight excluding hydrogens is 320 g/mol. The summed E-state index contributed by atoms with van der Waals surface area (Å²) in [7, 11) is 1.94. The van der Waals surface area contributed by atoms with E-state index in [1.54, 1.807) is 6.20 Å². The number of hydrogen-bond acceptors (Lipinski definition) is 4. The van der Waals surface area contributed by atoms with Crippen LogP contribution >= 0.6 is 24.2 Å². The number of para-hydroxylation sites is 1. The summed E-state index contributed by atoms with van der Waals surface area (Å²) in [5.41, 5.74) is 6.62. The van der Waals surface area contributed by atoms with E-state index >= 15 is 0 Å². The molecule has 0 aliphatic heterocycles. The van der Waals surface area contributed by atoms with Crippen molar-refractivity contribution in [2.24, 2.45) is 12.8 Å². The van der Waals surface area contributed by atoms with Crippen molar-refractivity contribution in [2.75, 3.05) is 5.32 Å². The Bertz CT molecular complexity index is 617. The summed E-state index contributed by atoms with van der Waals surface area (Å²) in [5, 5.41) is 3.78. The van der Waals surface area contributed by atoms with Crippen molar-refractivity contribution in [2.45, 2.75) is 35.9 Å². The van der Waals surface area contributed by atoms with E-state index < -0.39 is 6.04 Å². The average Bonchev–Trinajstić information content (AvgIpc) is 2.86. The maximum Gasteiger partial charge on any atom is 0.241 e. The fraction of sp³-hybridized carbons (Fsp3) is 0.333. The third-order valence-corrected chi connectivity index (χ3v) is 4.21. The zero-order chi connectivity index (χ0) is 15.2. The minimum Gasteiger partial charge on any atom is -0.329 e. The highest BCUT2D eigenvalue weighted by atomic mass is 35.5. The molecule has 0 saturated carbocycles. The van der Waals surface area contributed by atoms with Crippen LogP contribution in [-0.2, 0) is 11.8 Å². The van der Waals surface area contributed by atoms with Gasteiger partial charge in [0.2, 0.25) is 5.91 Å². The van der Waals surface area contributed by atoms with E-state index in [9.17, 15) is 4.79 Å². The standard InChI is InChI=1S/C15H20N4OS.ClH/c1-3-6-11(16)14(20)18-12-7-4-5-8-13(12)21-15-17-9-10-19(15)2;/h4-5,7-11H,3,6,16H2,1-2H3,(H,18,20);1H. The molecule has 22 heavy (non-hydrogen) atoms. The third-order valence-electron chi connectivity index (χ3n) is 3.06. The summed E-state index contributed by atoms with van der Waals surface area (Å²) in [4.78, 5) is 17.3. The first kappa shape index (κ1) is 18.5. The summed E-state index contributed by atoms with van der Waals surface area (Å²) < 4.78 is 1.94. The van der Waals surface area contributed by atoms with Gasteiger partial charge in [0.25, 0.3) is 0 Å². The molecule has 7 heteroatoms. The molecule has 0 fully saturated rings. The van der Waals surface area contributed by atoms with Gasteiger partial charge >= 0.3 is 0 Å². The lowest BCUT2D eigenvalue weighted by molar-refractivity contribution is -0.117. The molecule has 120 valence electrons. The van der Waals surface area contributed by atoms with Crippen LogP contribution in [-0.4, -0.2) is 21.5 Å². The Hall–Kier alpha value is -1.50. The molecule has 1 aromatic heterocycles. The smallest absolute Gasteiger partial charge is 0.241 e. The monoisotopic (exact) mass is 340 g/mol. The first-order valence-electron chi connectivity index (χ1n) is 6.92. The van der Waals surface area contributed by atoms with Crippen LogP contribution in [0.25, 0.3) is 0 Å². The number of imidazole rings is 1. The second-order valence-corrected chi connectivity index (χ2v) is 5.81. The maximum absolute atomic E-state index is 12.1. The van der Waals surface area contributed by atoms with Gasteiger partial charge in [0.15, 0.2) is 5.16 Å². The molecule has 0 radical (unpaired) electrons. The summed E-state index contributed by atoms with van der Waals surface area (Å²) in [6.07, 6.45) is 5.21. The van der Waals surface area contributed by atoms with Crippen LogP contribution in [0.4, 0.5) is 5.69 Å². The highest BCUT2D eigenvalue weighted by Crippen LogP contribution is 2.32. The van der Waals surface area contributed by atoms with Crippen LogP contribution in [0, 0.1) is 0 Å². The Morgan fingerprint density at radius 3 is 2.82 bits per heavy atom. The quantitative estimate of drug-likeness (QED) is 0.847. The summed E-state index contributed by atoms with van der Waals surface area (Å²) >= 11 is 1.51. The van der Waals surface area contributed by atoms with Gasteiger partial charge in [-0.05, 0) is 30.3 Å². The van der Waals surface area contributed by atoms with Crippen molar-refractivity contribution < 1.29 is 4.79 Å². The molecular formula is C15H21ClN4OS. The van der Waals surface area contributed by atoms with E-state index in [1.165, 1.54) is 11.8 Å². The Balaban J connectivity index is 0.00000242. The van der Waals surface area contributed by atoms with Crippen LogP contribution in [0.5, 0.6) is 0 Å². The highest BCUT2D eigenvalue weighted by molar-refractivity contribution is 7.99. The van der Waals surface area contributed by atoms with E-state index in [1.807, 2.05) is 49.0 Å². The molecule has 1 atom stereocenters. The summed E-state index contributed by atoms with van der Waals surface area (Å²) in [5.74, 6) is -0.148. The van der Waals surface area contributed by atoms with Crippen LogP contribution in [0.2, 0.25) is 0 Å². The second kappa shape index (κ2) is 8.82. The van der Waals surface area contributed by atoms with Crippen molar-refractivity contribution >= 4 is 35.8 Å². The van der Waals surface area contributed by atoms with Gasteiger partial charge in [-0.15, -0.1) is 12.4 Å². The van der Waals surface area contributed by atoms with Crippen molar-refractivity contribution in [3.05, 3.63) is 36.7 Å². The van der Waals surface area contributed by atoms with E-state index in [0.717, 1.165) is 22.2 Å². The van der Waals surface area contributed by atoms with Crippen LogP contribution in [0.1, 0.15) is 19.8 Å². The van der Waals surface area contributed by atoms with E-state index in [4.69, 9.17) is 5.73 Å². The molecule has 1 unspecified atom stereocenters. The minimum absolute atomic E-state index is 0. The number of rotatable bonds is 6. The lowest BCUT2D eigenvalue weighted by Crippen LogP contribution is -2.35. The van der Waals surface area contributed by atoms with Gasteiger partial charge in [-0.2, -0.15) is 0 Å². The van der Waals surface area contributed by atoms with Gasteiger partial charge in [-0.1, -0.05) is 25.5 Å². The number of anilines is 1. The molecule has 1 heterocycles. The molecule has 5 nitrogen and oxygen atoms in total. The summed E-state index contributed by atoms with van der Waals surface area (Å²) in [6, 6.07) is 7.19. The molecule has 0 spiro atoms. The van der Waals surface area contributed by atoms with Crippen LogP contribution in [0.3, 0.4) is 0 Å². The highest BCUT2D eigenvalue weighted by Gasteiger charge is 2.15. The number of halogens is 1. The van der Waals surface area contributed by atoms with E-state index in [2.05, 4.69) is 10.3 Å². The molecule has 0 aliphatic carbocycles. The predicted molar refractivity (Wildman–Crippen MR) is 92.5 cm³/mol. The van der Waals surface area contributed by atoms with Crippen molar-refractivity contribution in [1.29, 1.82) is 0 Å². The SMILES string of the molecule is CCCC(N)C(=O)Nc1ccccc1Sc1nccn1C.Cl. The van der Waals surface area contributed by atoms with Crippen LogP contribution in [0.15, 0.2) is 46.7 Å². The Morgan fingerprint density at radius 1 is 1.45 bits per heavy atom. The van der Waals surface area contributed by atoms with Crippen molar-refractivity contribution in [3.63, 3.8) is 0 Å². The van der Waals surface area contributed by atoms with E-state index in [-0.39, 0.29) is 18.3 Å². The third kappa shape index (κ3) is 4.76. The minimum atomic E-state index is -0.471. The first-order valence-corrected chi connectivity index (χ1v) is 7.74. The van der Waals surface area contributed by atoms with Crippen molar-refractivity contribution in [3.8, 4) is 0 Å². The second-order valence-electron chi connectivity index (χ2n) is 4.80. The fourth-order valence-electron chi connectivity index (χ4n) is 1.88. The molecule has 1 amide bonds. The van der Waals surface area contributed by atoms with Crippen molar-refractivity contribution in [1.82, 2.24) is 9.55 Å². The van der Waals surface area contributed by atoms with Gasteiger partial charge < -0.3 is 15.6 Å². The number of nitrogens with one attached hydrogen (secondary N) is 1. The molecule has 1 aromatic carbocycles. The summed E-state index contributed by atoms with van der Waals surface area (Å²) in [6.45, 7) is 2.01. The first-order chi connectivity index (χ1) is 10.1. The van der Waals surface area contributed by atoms with Gasteiger partial charge in [0.1, 0.15) is 0 Å². The number of hydrogen-bond donors (Lipinski definition) is 2. The Morgan fingerprint density at radius 2 is 2.18 bits per heavy atom.